The third kappa shape index (κ3) is 22.3. The van der Waals surface area contributed by atoms with Gasteiger partial charge in [0.25, 0.3) is 0 Å². The lowest BCUT2D eigenvalue weighted by Crippen LogP contribution is -2.28. The molecule has 21 heavy (non-hydrogen) atoms. The van der Waals surface area contributed by atoms with E-state index in [0.29, 0.717) is 7.18 Å². The van der Waals surface area contributed by atoms with Crippen LogP contribution in [0.2, 0.25) is 0 Å². The summed E-state index contributed by atoms with van der Waals surface area (Å²) in [6.45, 7) is 15.8. The summed E-state index contributed by atoms with van der Waals surface area (Å²) < 4.78 is 9.50. The molecular formula is C18H43FN2. The lowest BCUT2D eigenvalue weighted by atomic mass is 10.00. The summed E-state index contributed by atoms with van der Waals surface area (Å²) in [5.74, 6) is 0.978. The largest absolute Gasteiger partial charge is 0.306 e. The fraction of sp³-hybridized carbons (Fsp3) is 1.00. The second-order valence-electron chi connectivity index (χ2n) is 5.70. The Kier molecular flexibility index (Phi) is 27.2. The van der Waals surface area contributed by atoms with E-state index in [1.165, 1.54) is 58.3 Å². The molecule has 0 unspecified atom stereocenters. The molecule has 2 rings (SSSR count). The van der Waals surface area contributed by atoms with E-state index in [0.717, 1.165) is 5.92 Å². The Labute approximate surface area is 135 Å². The number of alkyl halides is 1. The van der Waals surface area contributed by atoms with Gasteiger partial charge in [-0.3, -0.25) is 4.39 Å². The second kappa shape index (κ2) is 22.1. The van der Waals surface area contributed by atoms with Crippen LogP contribution in [0.1, 0.15) is 66.7 Å². The zero-order chi connectivity index (χ0) is 17.1. The number of hydrogen-bond donors (Lipinski definition) is 0. The monoisotopic (exact) mass is 306 g/mol. The molecule has 2 aliphatic heterocycles. The number of likely N-dealkylation sites (tertiary alicyclic amines) is 2. The normalized spacial score (nSPS) is 18.7. The molecule has 2 aliphatic rings. The molecule has 0 N–H and O–H groups in total. The molecule has 0 amide bonds. The van der Waals surface area contributed by atoms with E-state index in [1.807, 2.05) is 13.8 Å². The summed E-state index contributed by atoms with van der Waals surface area (Å²) in [5, 5.41) is 0. The van der Waals surface area contributed by atoms with Gasteiger partial charge >= 0.3 is 0 Å². The van der Waals surface area contributed by atoms with Crippen LogP contribution in [0.15, 0.2) is 0 Å². The zero-order valence-electron chi connectivity index (χ0n) is 16.2. The molecule has 0 saturated carbocycles. The number of hydrogen-bond acceptors (Lipinski definition) is 2. The molecule has 0 aromatic carbocycles. The van der Waals surface area contributed by atoms with Crippen molar-refractivity contribution in [3.63, 3.8) is 0 Å². The van der Waals surface area contributed by atoms with E-state index < -0.39 is 0 Å². The van der Waals surface area contributed by atoms with E-state index in [9.17, 15) is 4.39 Å². The highest BCUT2D eigenvalue weighted by atomic mass is 19.1. The Morgan fingerprint density at radius 3 is 1.29 bits per heavy atom. The van der Waals surface area contributed by atoms with Gasteiger partial charge in [0.1, 0.15) is 0 Å². The Morgan fingerprint density at radius 1 is 0.810 bits per heavy atom. The first-order valence-corrected chi connectivity index (χ1v) is 8.85. The van der Waals surface area contributed by atoms with Gasteiger partial charge in [0.2, 0.25) is 0 Å². The summed E-state index contributed by atoms with van der Waals surface area (Å²) in [7, 11) is 4.87. The SMILES string of the molecule is CC.CC1CCN(C)CC1.CCC.CF.CN1CCCC1. The second-order valence-corrected chi connectivity index (χ2v) is 5.70. The maximum absolute atomic E-state index is 9.50. The summed E-state index contributed by atoms with van der Waals surface area (Å²) >= 11 is 0. The van der Waals surface area contributed by atoms with Crippen molar-refractivity contribution in [3.05, 3.63) is 0 Å². The van der Waals surface area contributed by atoms with Crippen LogP contribution in [-0.2, 0) is 0 Å². The first kappa shape index (κ1) is 25.8. The molecule has 0 aromatic heterocycles. The molecular weight excluding hydrogens is 263 g/mol. The number of rotatable bonds is 0. The van der Waals surface area contributed by atoms with Gasteiger partial charge in [-0.15, -0.1) is 0 Å². The van der Waals surface area contributed by atoms with Crippen LogP contribution in [0.5, 0.6) is 0 Å². The molecule has 132 valence electrons. The van der Waals surface area contributed by atoms with Gasteiger partial charge in [0.15, 0.2) is 0 Å². The minimum absolute atomic E-state index is 0.500. The molecule has 0 spiro atoms. The Morgan fingerprint density at radius 2 is 1.10 bits per heavy atom. The number of piperidine rings is 1. The zero-order valence-corrected chi connectivity index (χ0v) is 16.2. The smallest absolute Gasteiger partial charge is 0.0785 e. The predicted molar refractivity (Wildman–Crippen MR) is 97.0 cm³/mol. The molecule has 3 heteroatoms. The van der Waals surface area contributed by atoms with Crippen LogP contribution in [0.25, 0.3) is 0 Å². The quantitative estimate of drug-likeness (QED) is 0.615. The van der Waals surface area contributed by atoms with Crippen molar-refractivity contribution < 1.29 is 4.39 Å². The highest BCUT2D eigenvalue weighted by molar-refractivity contribution is 4.65. The van der Waals surface area contributed by atoms with Crippen molar-refractivity contribution in [2.75, 3.05) is 47.5 Å². The third-order valence-electron chi connectivity index (χ3n) is 3.34. The van der Waals surface area contributed by atoms with Crippen molar-refractivity contribution in [3.8, 4) is 0 Å². The molecule has 2 heterocycles. The average Bonchev–Trinajstić information content (AvgIpc) is 2.99. The van der Waals surface area contributed by atoms with Gasteiger partial charge in [0.05, 0.1) is 7.18 Å². The van der Waals surface area contributed by atoms with Crippen molar-refractivity contribution in [1.29, 1.82) is 0 Å². The van der Waals surface area contributed by atoms with Gasteiger partial charge in [-0.2, -0.15) is 0 Å². The third-order valence-corrected chi connectivity index (χ3v) is 3.34. The fourth-order valence-corrected chi connectivity index (χ4v) is 2.01. The van der Waals surface area contributed by atoms with Gasteiger partial charge in [0, 0.05) is 0 Å². The fourth-order valence-electron chi connectivity index (χ4n) is 2.01. The predicted octanol–water partition coefficient (Wildman–Crippen LogP) is 5.09. The maximum Gasteiger partial charge on any atom is 0.0785 e. The van der Waals surface area contributed by atoms with E-state index in [1.54, 1.807) is 0 Å². The average molecular weight is 307 g/mol. The van der Waals surface area contributed by atoms with Crippen molar-refractivity contribution in [1.82, 2.24) is 9.80 Å². The number of nitrogens with zero attached hydrogens (tertiary/aromatic N) is 2. The standard InChI is InChI=1S/C7H15N.C5H11N.C3H8.C2H6.CH3F/c1-7-3-5-8(2)6-4-7;1-6-4-2-3-5-6;1-3-2;2*1-2/h7H,3-6H2,1-2H3;2-5H2,1H3;3H2,1-2H3;1-2H3;1H3. The van der Waals surface area contributed by atoms with E-state index in [-0.39, 0.29) is 0 Å². The van der Waals surface area contributed by atoms with Gasteiger partial charge in [-0.1, -0.05) is 41.0 Å². The lowest BCUT2D eigenvalue weighted by molar-refractivity contribution is 0.230. The summed E-state index contributed by atoms with van der Waals surface area (Å²) in [6, 6.07) is 0. The van der Waals surface area contributed by atoms with E-state index in [2.05, 4.69) is 44.7 Å². The van der Waals surface area contributed by atoms with Crippen molar-refractivity contribution in [2.45, 2.75) is 66.7 Å². The molecule has 0 aromatic rings. The molecule has 2 nitrogen and oxygen atoms in total. The van der Waals surface area contributed by atoms with Crippen LogP contribution in [0, 0.1) is 5.92 Å². The summed E-state index contributed by atoms with van der Waals surface area (Å²) in [5.41, 5.74) is 0. The first-order valence-electron chi connectivity index (χ1n) is 8.85. The molecule has 0 radical (unpaired) electrons. The molecule has 2 fully saturated rings. The number of halogens is 1. The lowest BCUT2D eigenvalue weighted by Gasteiger charge is -2.26. The highest BCUT2D eigenvalue weighted by Crippen LogP contribution is 2.13. The first-order chi connectivity index (χ1) is 10.1. The van der Waals surface area contributed by atoms with Crippen molar-refractivity contribution in [2.24, 2.45) is 5.92 Å². The molecule has 0 aliphatic carbocycles. The Bertz CT molecular complexity index is 141. The van der Waals surface area contributed by atoms with Crippen LogP contribution in [0.3, 0.4) is 0 Å². The summed E-state index contributed by atoms with van der Waals surface area (Å²) in [4.78, 5) is 4.76. The van der Waals surface area contributed by atoms with Gasteiger partial charge < -0.3 is 9.80 Å². The summed E-state index contributed by atoms with van der Waals surface area (Å²) in [6.07, 6.45) is 6.88. The molecule has 2 saturated heterocycles. The Balaban J connectivity index is -0.000000222. The van der Waals surface area contributed by atoms with Crippen LogP contribution < -0.4 is 0 Å². The Hall–Kier alpha value is -0.150. The minimum atomic E-state index is 0.500. The topological polar surface area (TPSA) is 6.48 Å². The molecule has 0 bridgehead atoms. The van der Waals surface area contributed by atoms with Crippen LogP contribution >= 0.6 is 0 Å². The minimum Gasteiger partial charge on any atom is -0.306 e. The molecule has 0 atom stereocenters. The maximum atomic E-state index is 9.50. The highest BCUT2D eigenvalue weighted by Gasteiger charge is 2.10. The van der Waals surface area contributed by atoms with Crippen molar-refractivity contribution >= 4 is 0 Å². The van der Waals surface area contributed by atoms with Gasteiger partial charge in [-0.05, 0) is 71.9 Å². The van der Waals surface area contributed by atoms with E-state index >= 15 is 0 Å². The van der Waals surface area contributed by atoms with Crippen LogP contribution in [0.4, 0.5) is 4.39 Å². The van der Waals surface area contributed by atoms with Gasteiger partial charge in [-0.25, -0.2) is 0 Å². The van der Waals surface area contributed by atoms with Crippen LogP contribution in [-0.4, -0.2) is 57.3 Å². The van der Waals surface area contributed by atoms with E-state index in [4.69, 9.17) is 0 Å².